The first-order valence-corrected chi connectivity index (χ1v) is 24.0. The van der Waals surface area contributed by atoms with Crippen LogP contribution in [0.5, 0.6) is 11.5 Å². The third kappa shape index (κ3) is 13.2. The van der Waals surface area contributed by atoms with Crippen LogP contribution in [-0.2, 0) is 40.5 Å². The molecule has 21 nitrogen and oxygen atoms in total. The number of nitrogens with one attached hydrogen (secondary N) is 2. The molecule has 0 aromatic heterocycles. The van der Waals surface area contributed by atoms with Crippen molar-refractivity contribution in [3.63, 3.8) is 0 Å². The van der Waals surface area contributed by atoms with Gasteiger partial charge in [-0.3, -0.25) is 0 Å². The van der Waals surface area contributed by atoms with Crippen LogP contribution in [0.15, 0.2) is 161 Å². The fraction of sp³-hybridized carbons (Fsp3) is 0. The van der Waals surface area contributed by atoms with E-state index in [0.717, 1.165) is 36.4 Å². The van der Waals surface area contributed by atoms with E-state index in [0.29, 0.717) is 21.5 Å². The topological polar surface area (TPSA) is 360 Å². The van der Waals surface area contributed by atoms with Crippen LogP contribution in [0, 0.1) is 0 Å². The number of hydrogen-bond acceptors (Lipinski definition) is 19. The summed E-state index contributed by atoms with van der Waals surface area (Å²) in [6, 6.07) is 24.2. The van der Waals surface area contributed by atoms with E-state index in [9.17, 15) is 66.9 Å². The average Bonchev–Trinajstić information content (AvgIpc) is 3.23. The van der Waals surface area contributed by atoms with Gasteiger partial charge in [0, 0.05) is 22.1 Å². The molecular formula is C41H24N6Na4O15S4. The smallest absolute Gasteiger partial charge is 0.744 e. The summed E-state index contributed by atoms with van der Waals surface area (Å²) in [7, 11) is -20.1. The number of rotatable bonds is 10. The van der Waals surface area contributed by atoms with E-state index in [-0.39, 0.29) is 163 Å². The van der Waals surface area contributed by atoms with Crippen molar-refractivity contribution in [3.05, 3.63) is 121 Å². The van der Waals surface area contributed by atoms with Crippen molar-refractivity contribution in [2.24, 2.45) is 20.5 Å². The number of aromatic hydroxyl groups is 2. The summed E-state index contributed by atoms with van der Waals surface area (Å²) in [6.45, 7) is 0. The van der Waals surface area contributed by atoms with E-state index < -0.39 is 89.0 Å². The largest absolute Gasteiger partial charge is 1.00 e. The second-order valence-electron chi connectivity index (χ2n) is 14.2. The Morgan fingerprint density at radius 3 is 1.09 bits per heavy atom. The van der Waals surface area contributed by atoms with Gasteiger partial charge in [-0.1, -0.05) is 24.3 Å². The molecular weight excluding hydrogens is 1040 g/mol. The number of hydrogen-bond donors (Lipinski definition) is 4. The Kier molecular flexibility index (Phi) is 19.2. The number of fused-ring (bicyclic) bond motifs is 4. The second-order valence-corrected chi connectivity index (χ2v) is 19.7. The standard InChI is InChI=1S/C41H28N6O15S4.4Na/c48-39-33-11-7-27(15-25(33)19-35(65(57,58)59)37(39)46-44-29-5-1-23-17-31(63(51,52)53)9-3-21(23)13-29)42-41(50)43-28-8-12-34-26(16-28)20-36(66(60,61)62)38(40(34)49)47-45-30-6-2-24-18-32(64(54,55)56)10-4-22(24)14-30;;;;/h1-20,48-49H,(H2,42,43,50)(H,51,52,53)(H,54,55,56)(H,57,58,59)(H,60,61,62);;;;/q;4*+1/p-4. The minimum atomic E-state index is -5.31. The number of phenolic OH excluding ortho intramolecular Hbond substituents is 2. The predicted molar refractivity (Wildman–Crippen MR) is 232 cm³/mol. The fourth-order valence-electron chi connectivity index (χ4n) is 6.80. The summed E-state index contributed by atoms with van der Waals surface area (Å²) in [5, 5.41) is 44.3. The predicted octanol–water partition coefficient (Wildman–Crippen LogP) is -4.18. The maximum absolute atomic E-state index is 13.1. The van der Waals surface area contributed by atoms with Crippen molar-refractivity contribution >= 4 is 124 Å². The second kappa shape index (κ2) is 22.7. The Morgan fingerprint density at radius 2 is 0.743 bits per heavy atom. The number of benzene rings is 8. The molecule has 0 saturated heterocycles. The molecule has 0 radical (unpaired) electrons. The molecule has 8 aromatic rings. The molecule has 29 heteroatoms. The number of carbonyl (C=O) groups is 1. The van der Waals surface area contributed by atoms with Gasteiger partial charge in [0.15, 0.2) is 11.5 Å². The summed E-state index contributed by atoms with van der Waals surface area (Å²) < 4.78 is 143. The van der Waals surface area contributed by atoms with Crippen molar-refractivity contribution in [3.8, 4) is 11.5 Å². The number of azo groups is 2. The van der Waals surface area contributed by atoms with Crippen molar-refractivity contribution in [1.82, 2.24) is 0 Å². The monoisotopic (exact) mass is 1060 g/mol. The normalized spacial score (nSPS) is 12.1. The van der Waals surface area contributed by atoms with Crippen LogP contribution in [0.3, 0.4) is 0 Å². The molecule has 0 heterocycles. The molecule has 0 fully saturated rings. The van der Waals surface area contributed by atoms with Crippen molar-refractivity contribution in [2.45, 2.75) is 19.6 Å². The number of anilines is 2. The zero-order chi connectivity index (χ0) is 47.5. The molecule has 0 aliphatic carbocycles. The maximum Gasteiger partial charge on any atom is 1.00 e. The first-order chi connectivity index (χ1) is 30.9. The van der Waals surface area contributed by atoms with E-state index in [1.807, 2.05) is 0 Å². The molecule has 4 N–H and O–H groups in total. The Bertz CT molecular complexity index is 3710. The summed E-state index contributed by atoms with van der Waals surface area (Å²) in [5.41, 5.74) is -1.12. The van der Waals surface area contributed by atoms with Gasteiger partial charge in [0.25, 0.3) is 0 Å². The van der Waals surface area contributed by atoms with Crippen molar-refractivity contribution in [1.29, 1.82) is 0 Å². The summed E-state index contributed by atoms with van der Waals surface area (Å²) in [6.07, 6.45) is 0. The summed E-state index contributed by atoms with van der Waals surface area (Å²) in [5.74, 6) is -1.50. The Labute approximate surface area is 486 Å². The summed E-state index contributed by atoms with van der Waals surface area (Å²) in [4.78, 5) is 10.3. The number of phenols is 2. The van der Waals surface area contributed by atoms with Crippen LogP contribution in [0.4, 0.5) is 38.9 Å². The van der Waals surface area contributed by atoms with Gasteiger partial charge in [0.1, 0.15) is 51.8 Å². The van der Waals surface area contributed by atoms with E-state index >= 15 is 0 Å². The van der Waals surface area contributed by atoms with Crippen molar-refractivity contribution in [2.75, 3.05) is 10.6 Å². The molecule has 8 aromatic carbocycles. The zero-order valence-electron chi connectivity index (χ0n) is 36.7. The first-order valence-electron chi connectivity index (χ1n) is 18.3. The van der Waals surface area contributed by atoms with Crippen LogP contribution in [0.1, 0.15) is 0 Å². The Morgan fingerprint density at radius 1 is 0.400 bits per heavy atom. The van der Waals surface area contributed by atoms with E-state index in [2.05, 4.69) is 31.1 Å². The van der Waals surface area contributed by atoms with E-state index in [4.69, 9.17) is 0 Å². The minimum absolute atomic E-state index is 0. The maximum atomic E-state index is 13.1. The van der Waals surface area contributed by atoms with Crippen LogP contribution >= 0.6 is 0 Å². The number of amides is 2. The molecule has 0 spiro atoms. The average molecular weight is 1060 g/mol. The number of urea groups is 1. The number of carbonyl (C=O) groups excluding carboxylic acids is 1. The van der Waals surface area contributed by atoms with E-state index in [1.54, 1.807) is 0 Å². The Hall–Kier alpha value is -3.49. The van der Waals surface area contributed by atoms with Gasteiger partial charge >= 0.3 is 124 Å². The quantitative estimate of drug-likeness (QED) is 0.0574. The van der Waals surface area contributed by atoms with Crippen LogP contribution in [0.25, 0.3) is 43.1 Å². The van der Waals surface area contributed by atoms with Gasteiger partial charge in [-0.05, 0) is 129 Å². The SMILES string of the molecule is O=C(Nc1ccc2c(O)c(N=Nc3ccc4cc(S(=O)(=O)[O-])ccc4c3)c(S(=O)(=O)[O-])cc2c1)Nc1ccc2c(O)c(N=Nc3ccc4cc(S(=O)(=O)[O-])ccc4c3)c(S(=O)(=O)[O-])cc2c1.[Na+].[Na+].[Na+].[Na+]. The molecule has 70 heavy (non-hydrogen) atoms. The molecule has 0 unspecified atom stereocenters. The van der Waals surface area contributed by atoms with Gasteiger partial charge in [-0.2, -0.15) is 10.2 Å². The first kappa shape index (κ1) is 59.1. The fourth-order valence-corrected chi connectivity index (χ4v) is 9.10. The molecule has 0 bridgehead atoms. The van der Waals surface area contributed by atoms with E-state index in [1.165, 1.54) is 84.9 Å². The van der Waals surface area contributed by atoms with Crippen LogP contribution < -0.4 is 129 Å². The van der Waals surface area contributed by atoms with Gasteiger partial charge in [0.2, 0.25) is 0 Å². The molecule has 0 aliphatic heterocycles. The van der Waals surface area contributed by atoms with Crippen molar-refractivity contribution < 1.29 is 185 Å². The molecule has 0 aliphatic rings. The molecule has 336 valence electrons. The molecule has 8 rings (SSSR count). The van der Waals surface area contributed by atoms with Gasteiger partial charge in [-0.15, -0.1) is 10.2 Å². The third-order valence-corrected chi connectivity index (χ3v) is 13.2. The number of nitrogens with zero attached hydrogens (tertiary/aromatic N) is 4. The third-order valence-electron chi connectivity index (χ3n) is 9.86. The van der Waals surface area contributed by atoms with Gasteiger partial charge in [-0.25, -0.2) is 38.5 Å². The summed E-state index contributed by atoms with van der Waals surface area (Å²) >= 11 is 0. The molecule has 0 atom stereocenters. The van der Waals surface area contributed by atoms with Crippen LogP contribution in [-0.4, -0.2) is 68.1 Å². The van der Waals surface area contributed by atoms with Gasteiger partial charge < -0.3 is 39.1 Å². The minimum Gasteiger partial charge on any atom is -0.744 e. The molecule has 2 amide bonds. The Balaban J connectivity index is 0.00000266. The molecule has 0 saturated carbocycles. The van der Waals surface area contributed by atoms with Gasteiger partial charge in [0.05, 0.1) is 31.0 Å². The zero-order valence-corrected chi connectivity index (χ0v) is 47.9. The van der Waals surface area contributed by atoms with Crippen LogP contribution in [0.2, 0.25) is 0 Å².